The zero-order chi connectivity index (χ0) is 40.5. The molecule has 2 heterocycles. The highest BCUT2D eigenvalue weighted by Crippen LogP contribution is 2.31. The van der Waals surface area contributed by atoms with Crippen LogP contribution in [-0.4, -0.2) is 89.7 Å². The van der Waals surface area contributed by atoms with Crippen molar-refractivity contribution in [3.05, 3.63) is 118 Å². The van der Waals surface area contributed by atoms with Crippen molar-refractivity contribution in [2.45, 2.75) is 16.7 Å². The zero-order valence-electron chi connectivity index (χ0n) is 29.4. The molecule has 0 atom stereocenters. The van der Waals surface area contributed by atoms with E-state index < -0.39 is 59.9 Å². The number of fused-ring (bicyclic) bond motifs is 2. The van der Waals surface area contributed by atoms with E-state index >= 15 is 0 Å². The van der Waals surface area contributed by atoms with Gasteiger partial charge >= 0.3 is 5.97 Å². The van der Waals surface area contributed by atoms with Crippen molar-refractivity contribution in [3.8, 4) is 11.5 Å². The van der Waals surface area contributed by atoms with Crippen LogP contribution in [0, 0.1) is 23.3 Å². The Hall–Kier alpha value is -5.88. The topological polar surface area (TPSA) is 163 Å². The van der Waals surface area contributed by atoms with Crippen molar-refractivity contribution in [3.63, 3.8) is 0 Å². The van der Waals surface area contributed by atoms with Crippen LogP contribution in [0.1, 0.15) is 48.4 Å². The first-order valence-electron chi connectivity index (χ1n) is 16.6. The molecule has 0 bridgehead atoms. The van der Waals surface area contributed by atoms with Crippen LogP contribution < -0.4 is 15.2 Å². The van der Waals surface area contributed by atoms with E-state index in [0.29, 0.717) is 22.3 Å². The predicted molar refractivity (Wildman–Crippen MR) is 195 cm³/mol. The summed E-state index contributed by atoms with van der Waals surface area (Å²) in [5.74, 6) is -7.82. The van der Waals surface area contributed by atoms with Crippen molar-refractivity contribution in [1.82, 2.24) is 9.80 Å². The number of imide groups is 2. The number of primary amides is 1. The average Bonchev–Trinajstić information content (AvgIpc) is 3.55. The number of amides is 5. The largest absolute Gasteiger partial charge is 0.478 e. The van der Waals surface area contributed by atoms with Crippen molar-refractivity contribution in [1.29, 1.82) is 0 Å². The number of hydrogen-bond acceptors (Lipinski definition) is 11. The highest BCUT2D eigenvalue weighted by molar-refractivity contribution is 7.99. The SMILES string of the molecule is CCOC(=O)COc1c(F)cc(SCCN2C(=O)c3ccccc3C2=O)cc1F.NC(=O)COc1c(F)cc(SCCN2C(=O)c3ccccc3C2=O)cc1F. The minimum Gasteiger partial charge on any atom is -0.478 e. The Balaban J connectivity index is 0.000000215. The number of carbonyl (C=O) groups is 6. The molecule has 0 fully saturated rings. The Bertz CT molecular complexity index is 2090. The van der Waals surface area contributed by atoms with E-state index in [0.717, 1.165) is 57.6 Å². The second-order valence-corrected chi connectivity index (χ2v) is 13.9. The summed E-state index contributed by atoms with van der Waals surface area (Å²) in [6.45, 7) is 0.693. The number of carbonyl (C=O) groups excluding carboxylic acids is 6. The molecule has 12 nitrogen and oxygen atoms in total. The summed E-state index contributed by atoms with van der Waals surface area (Å²) in [6, 6.07) is 17.3. The van der Waals surface area contributed by atoms with Crippen LogP contribution in [0.4, 0.5) is 17.6 Å². The zero-order valence-corrected chi connectivity index (χ0v) is 31.0. The Morgan fingerprint density at radius 2 is 0.946 bits per heavy atom. The summed E-state index contributed by atoms with van der Waals surface area (Å²) in [5.41, 5.74) is 6.27. The molecular formula is C38H31F4N3O9S2. The molecule has 0 aliphatic carbocycles. The third-order valence-corrected chi connectivity index (χ3v) is 9.78. The number of esters is 1. The molecule has 0 unspecified atom stereocenters. The van der Waals surface area contributed by atoms with Crippen molar-refractivity contribution in [2.75, 3.05) is 44.4 Å². The molecule has 5 amide bonds. The number of halogens is 4. The van der Waals surface area contributed by atoms with Gasteiger partial charge in [0.25, 0.3) is 29.5 Å². The molecule has 0 radical (unpaired) electrons. The molecule has 4 aromatic carbocycles. The van der Waals surface area contributed by atoms with Crippen LogP contribution in [-0.2, 0) is 14.3 Å². The lowest BCUT2D eigenvalue weighted by Crippen LogP contribution is -2.31. The van der Waals surface area contributed by atoms with Gasteiger partial charge in [-0.15, -0.1) is 23.5 Å². The smallest absolute Gasteiger partial charge is 0.344 e. The van der Waals surface area contributed by atoms with Crippen LogP contribution in [0.15, 0.2) is 82.6 Å². The highest BCUT2D eigenvalue weighted by Gasteiger charge is 2.35. The summed E-state index contributed by atoms with van der Waals surface area (Å²) in [4.78, 5) is 73.7. The molecule has 2 aliphatic heterocycles. The van der Waals surface area contributed by atoms with Gasteiger partial charge in [0.15, 0.2) is 48.0 Å². The predicted octanol–water partition coefficient (Wildman–Crippen LogP) is 5.51. The second-order valence-electron chi connectivity index (χ2n) is 11.6. The minimum absolute atomic E-state index is 0.0974. The molecule has 2 aliphatic rings. The van der Waals surface area contributed by atoms with E-state index in [-0.39, 0.29) is 64.6 Å². The maximum Gasteiger partial charge on any atom is 0.344 e. The normalized spacial score (nSPS) is 12.9. The van der Waals surface area contributed by atoms with Crippen LogP contribution in [0.25, 0.3) is 0 Å². The summed E-state index contributed by atoms with van der Waals surface area (Å²) in [6.07, 6.45) is 0. The number of nitrogens with two attached hydrogens (primary N) is 1. The van der Waals surface area contributed by atoms with Gasteiger partial charge in [-0.3, -0.25) is 33.8 Å². The highest BCUT2D eigenvalue weighted by atomic mass is 32.2. The molecule has 6 rings (SSSR count). The van der Waals surface area contributed by atoms with Crippen molar-refractivity contribution >= 4 is 59.0 Å². The van der Waals surface area contributed by atoms with Gasteiger partial charge in [-0.2, -0.15) is 0 Å². The van der Waals surface area contributed by atoms with E-state index in [4.69, 9.17) is 15.2 Å². The minimum atomic E-state index is -0.973. The van der Waals surface area contributed by atoms with Crippen LogP contribution in [0.3, 0.4) is 0 Å². The van der Waals surface area contributed by atoms with Gasteiger partial charge < -0.3 is 19.9 Å². The molecule has 56 heavy (non-hydrogen) atoms. The van der Waals surface area contributed by atoms with E-state index in [2.05, 4.69) is 4.74 Å². The van der Waals surface area contributed by atoms with Gasteiger partial charge in [-0.25, -0.2) is 22.4 Å². The Kier molecular flexibility index (Phi) is 13.7. The van der Waals surface area contributed by atoms with Gasteiger partial charge in [-0.05, 0) is 55.5 Å². The Morgan fingerprint density at radius 3 is 1.27 bits per heavy atom. The van der Waals surface area contributed by atoms with Gasteiger partial charge in [0.05, 0.1) is 28.9 Å². The fraction of sp³-hybridized carbons (Fsp3) is 0.211. The van der Waals surface area contributed by atoms with Gasteiger partial charge in [0.1, 0.15) is 0 Å². The number of ether oxygens (including phenoxy) is 3. The molecular weight excluding hydrogens is 783 g/mol. The number of hydrogen-bond donors (Lipinski definition) is 1. The lowest BCUT2D eigenvalue weighted by atomic mass is 10.1. The van der Waals surface area contributed by atoms with E-state index in [9.17, 15) is 46.3 Å². The summed E-state index contributed by atoms with van der Waals surface area (Å²) in [7, 11) is 0. The summed E-state index contributed by atoms with van der Waals surface area (Å²) < 4.78 is 70.3. The fourth-order valence-electron chi connectivity index (χ4n) is 5.39. The lowest BCUT2D eigenvalue weighted by Gasteiger charge is -2.14. The third kappa shape index (κ3) is 9.67. The molecule has 2 N–H and O–H groups in total. The molecule has 4 aromatic rings. The maximum absolute atomic E-state index is 14.1. The average molecular weight is 814 g/mol. The molecule has 292 valence electrons. The first kappa shape index (κ1) is 41.3. The van der Waals surface area contributed by atoms with E-state index in [1.807, 2.05) is 0 Å². The standard InChI is InChI=1S/C20H17F2NO5S.C18H14F2N2O4S/c1-2-27-17(24)11-28-18-15(21)9-12(10-16(18)22)29-8-7-23-19(25)13-5-3-4-6-14(13)20(23)26;19-13-7-10(8-14(20)16(13)26-9-15(21)23)27-6-5-22-17(24)11-3-1-2-4-12(11)18(22)25/h3-6,9-10H,2,7-8,11H2,1H3;1-4,7-8H,5-6,9H2,(H2,21,23). The molecule has 18 heteroatoms. The molecule has 0 saturated heterocycles. The van der Waals surface area contributed by atoms with Gasteiger partial charge in [-0.1, -0.05) is 24.3 Å². The van der Waals surface area contributed by atoms with E-state index in [1.165, 1.54) is 0 Å². The van der Waals surface area contributed by atoms with Crippen molar-refractivity contribution in [2.24, 2.45) is 5.73 Å². The Labute approximate surface area is 325 Å². The fourth-order valence-corrected chi connectivity index (χ4v) is 7.15. The monoisotopic (exact) mass is 813 g/mol. The number of thioether (sulfide) groups is 2. The third-order valence-electron chi connectivity index (χ3n) is 7.87. The number of nitrogens with zero attached hydrogens (tertiary/aromatic N) is 2. The maximum atomic E-state index is 14.1. The van der Waals surface area contributed by atoms with Crippen molar-refractivity contribution < 1.29 is 60.5 Å². The summed E-state index contributed by atoms with van der Waals surface area (Å²) in [5, 5.41) is 0. The Morgan fingerprint density at radius 1 is 0.607 bits per heavy atom. The second kappa shape index (κ2) is 18.6. The quantitative estimate of drug-likeness (QED) is 0.0697. The van der Waals surface area contributed by atoms with Crippen LogP contribution >= 0.6 is 23.5 Å². The van der Waals surface area contributed by atoms with Gasteiger partial charge in [0, 0.05) is 34.4 Å². The van der Waals surface area contributed by atoms with E-state index in [1.54, 1.807) is 55.5 Å². The van der Waals surface area contributed by atoms with Crippen LogP contribution in [0.2, 0.25) is 0 Å². The lowest BCUT2D eigenvalue weighted by molar-refractivity contribution is -0.145. The number of rotatable bonds is 15. The van der Waals surface area contributed by atoms with Crippen LogP contribution in [0.5, 0.6) is 11.5 Å². The first-order chi connectivity index (χ1) is 26.8. The molecule has 0 aromatic heterocycles. The number of benzene rings is 4. The first-order valence-corrected chi connectivity index (χ1v) is 18.6. The van der Waals surface area contributed by atoms with Gasteiger partial charge in [0.2, 0.25) is 0 Å². The molecule has 0 saturated carbocycles. The summed E-state index contributed by atoms with van der Waals surface area (Å²) >= 11 is 2.16. The molecule has 0 spiro atoms.